The molecule has 0 saturated carbocycles. The van der Waals surface area contributed by atoms with Crippen LogP contribution in [0, 0.1) is 0 Å². The Bertz CT molecular complexity index is 593. The van der Waals surface area contributed by atoms with E-state index in [2.05, 4.69) is 5.32 Å². The molecule has 0 spiro atoms. The van der Waals surface area contributed by atoms with Crippen molar-refractivity contribution in [1.29, 1.82) is 0 Å². The molecule has 1 unspecified atom stereocenters. The molecule has 3 N–H and O–H groups in total. The van der Waals surface area contributed by atoms with Gasteiger partial charge in [0.2, 0.25) is 0 Å². The largest absolute Gasteiger partial charge is 0.490 e. The monoisotopic (exact) mass is 367 g/mol. The second-order valence-electron chi connectivity index (χ2n) is 5.49. The molecule has 1 fully saturated rings. The topological polar surface area (TPSA) is 114 Å². The normalized spacial score (nSPS) is 18.8. The number of aliphatic carboxylic acids is 2. The first-order valence-corrected chi connectivity index (χ1v) is 8.17. The molecule has 0 amide bonds. The maximum atomic E-state index is 9.55. The van der Waals surface area contributed by atoms with Crippen LogP contribution in [0.2, 0.25) is 0 Å². The molecule has 8 nitrogen and oxygen atoms in total. The van der Waals surface area contributed by atoms with Crippen molar-refractivity contribution in [2.75, 3.05) is 33.4 Å². The number of nitrogens with one attached hydrogen (secondary N) is 1. The van der Waals surface area contributed by atoms with Gasteiger partial charge in [-0.3, -0.25) is 0 Å². The lowest BCUT2D eigenvalue weighted by Crippen LogP contribution is -2.40. The summed E-state index contributed by atoms with van der Waals surface area (Å²) in [4.78, 5) is 19.1. The molecule has 1 aliphatic heterocycles. The van der Waals surface area contributed by atoms with E-state index in [9.17, 15) is 9.59 Å². The first kappa shape index (κ1) is 21.5. The van der Waals surface area contributed by atoms with Crippen LogP contribution in [-0.2, 0) is 14.3 Å². The second-order valence-corrected chi connectivity index (χ2v) is 5.49. The molecule has 0 aliphatic carbocycles. The summed E-state index contributed by atoms with van der Waals surface area (Å²) in [5, 5.41) is 18.9. The summed E-state index contributed by atoms with van der Waals surface area (Å²) in [5.74, 6) is -0.945. The Balaban J connectivity index is 0.000000359. The molecule has 1 saturated heterocycles. The Morgan fingerprint density at radius 1 is 1.15 bits per heavy atom. The summed E-state index contributed by atoms with van der Waals surface area (Å²) in [6, 6.07) is 7.74. The fourth-order valence-corrected chi connectivity index (χ4v) is 2.27. The third-order valence-electron chi connectivity index (χ3n) is 3.65. The summed E-state index contributed by atoms with van der Waals surface area (Å²) < 4.78 is 17.0. The van der Waals surface area contributed by atoms with Gasteiger partial charge in [-0.1, -0.05) is 12.1 Å². The smallest absolute Gasteiger partial charge is 0.328 e. The van der Waals surface area contributed by atoms with Gasteiger partial charge in [0.15, 0.2) is 11.5 Å². The van der Waals surface area contributed by atoms with Crippen molar-refractivity contribution in [1.82, 2.24) is 5.32 Å². The summed E-state index contributed by atoms with van der Waals surface area (Å²) in [6.45, 7) is 4.96. The minimum Gasteiger partial charge on any atom is -0.490 e. The quantitative estimate of drug-likeness (QED) is 0.593. The molecular formula is C18H25NO7. The van der Waals surface area contributed by atoms with E-state index in [1.807, 2.05) is 31.2 Å². The first-order valence-electron chi connectivity index (χ1n) is 8.17. The number of rotatable bonds is 8. The van der Waals surface area contributed by atoms with E-state index >= 15 is 0 Å². The van der Waals surface area contributed by atoms with Gasteiger partial charge in [-0.25, -0.2) is 9.59 Å². The van der Waals surface area contributed by atoms with Crippen LogP contribution in [0.25, 0.3) is 0 Å². The van der Waals surface area contributed by atoms with Gasteiger partial charge in [-0.2, -0.15) is 0 Å². The van der Waals surface area contributed by atoms with Crippen molar-refractivity contribution in [3.05, 3.63) is 36.4 Å². The van der Waals surface area contributed by atoms with Crippen LogP contribution in [-0.4, -0.2) is 61.2 Å². The lowest BCUT2D eigenvalue weighted by Gasteiger charge is -2.26. The number of hydrogen-bond donors (Lipinski definition) is 3. The number of carboxylic acid groups (broad SMARTS) is 2. The first-order chi connectivity index (χ1) is 12.4. The van der Waals surface area contributed by atoms with Gasteiger partial charge >= 0.3 is 11.9 Å². The third kappa shape index (κ3) is 7.54. The van der Waals surface area contributed by atoms with E-state index in [0.717, 1.165) is 31.0 Å². The number of para-hydroxylation sites is 2. The Labute approximate surface area is 152 Å². The van der Waals surface area contributed by atoms with E-state index in [4.69, 9.17) is 24.4 Å². The number of methoxy groups -OCH3 is 1. The highest BCUT2D eigenvalue weighted by Gasteiger charge is 2.34. The highest BCUT2D eigenvalue weighted by molar-refractivity contribution is 5.89. The SMILES string of the molecule is CCOc1ccccc1OCC1(OC)CCNC1.O=C(O)/C=C/C(=O)O. The number of benzene rings is 1. The zero-order valence-electron chi connectivity index (χ0n) is 14.9. The van der Waals surface area contributed by atoms with Gasteiger partial charge in [0.05, 0.1) is 6.61 Å². The Hall–Kier alpha value is -2.58. The van der Waals surface area contributed by atoms with E-state index < -0.39 is 11.9 Å². The van der Waals surface area contributed by atoms with E-state index in [1.54, 1.807) is 7.11 Å². The second kappa shape index (κ2) is 11.1. The lowest BCUT2D eigenvalue weighted by atomic mass is 10.1. The predicted octanol–water partition coefficient (Wildman–Crippen LogP) is 1.55. The van der Waals surface area contributed by atoms with Crippen LogP contribution in [0.3, 0.4) is 0 Å². The molecular weight excluding hydrogens is 342 g/mol. The third-order valence-corrected chi connectivity index (χ3v) is 3.65. The van der Waals surface area contributed by atoms with Crippen molar-refractivity contribution in [2.24, 2.45) is 0 Å². The zero-order valence-corrected chi connectivity index (χ0v) is 14.9. The van der Waals surface area contributed by atoms with Crippen LogP contribution in [0.1, 0.15) is 13.3 Å². The maximum Gasteiger partial charge on any atom is 0.328 e. The average Bonchev–Trinajstić information content (AvgIpc) is 3.10. The van der Waals surface area contributed by atoms with Crippen molar-refractivity contribution in [3.8, 4) is 11.5 Å². The average molecular weight is 367 g/mol. The summed E-state index contributed by atoms with van der Waals surface area (Å²) in [5.41, 5.74) is -0.209. The minimum atomic E-state index is -1.26. The molecule has 1 aromatic rings. The van der Waals surface area contributed by atoms with Crippen molar-refractivity contribution in [3.63, 3.8) is 0 Å². The van der Waals surface area contributed by atoms with Crippen LogP contribution < -0.4 is 14.8 Å². The number of carboxylic acids is 2. The number of hydrogen-bond acceptors (Lipinski definition) is 6. The van der Waals surface area contributed by atoms with Crippen molar-refractivity contribution in [2.45, 2.75) is 18.9 Å². The molecule has 2 rings (SSSR count). The van der Waals surface area contributed by atoms with Crippen LogP contribution in [0.4, 0.5) is 0 Å². The molecule has 144 valence electrons. The molecule has 1 heterocycles. The van der Waals surface area contributed by atoms with Crippen molar-refractivity contribution < 1.29 is 34.0 Å². The number of ether oxygens (including phenoxy) is 3. The highest BCUT2D eigenvalue weighted by atomic mass is 16.6. The number of carbonyl (C=O) groups is 2. The predicted molar refractivity (Wildman–Crippen MR) is 94.7 cm³/mol. The highest BCUT2D eigenvalue weighted by Crippen LogP contribution is 2.28. The maximum absolute atomic E-state index is 9.55. The standard InChI is InChI=1S/C14H21NO3.C4H4O4/c1-3-17-12-6-4-5-7-13(12)18-11-14(16-2)8-9-15-10-14;5-3(6)1-2-4(7)8/h4-7,15H,3,8-11H2,1-2H3;1-2H,(H,5,6)(H,7,8)/b;2-1+. The summed E-state index contributed by atoms with van der Waals surface area (Å²) in [7, 11) is 1.74. The van der Waals surface area contributed by atoms with Gasteiger partial charge in [0, 0.05) is 25.8 Å². The molecule has 26 heavy (non-hydrogen) atoms. The van der Waals surface area contributed by atoms with Crippen molar-refractivity contribution >= 4 is 11.9 Å². The Morgan fingerprint density at radius 3 is 2.15 bits per heavy atom. The fourth-order valence-electron chi connectivity index (χ4n) is 2.27. The van der Waals surface area contributed by atoms with Crippen LogP contribution in [0.5, 0.6) is 11.5 Å². The molecule has 0 bridgehead atoms. The summed E-state index contributed by atoms with van der Waals surface area (Å²) in [6.07, 6.45) is 2.09. The summed E-state index contributed by atoms with van der Waals surface area (Å²) >= 11 is 0. The van der Waals surface area contributed by atoms with Crippen LogP contribution in [0.15, 0.2) is 36.4 Å². The Kier molecular flexibility index (Phi) is 9.18. The molecule has 0 aromatic heterocycles. The molecule has 1 aliphatic rings. The molecule has 8 heteroatoms. The van der Waals surface area contributed by atoms with E-state index in [0.29, 0.717) is 25.4 Å². The van der Waals surface area contributed by atoms with Gasteiger partial charge in [0.1, 0.15) is 12.2 Å². The van der Waals surface area contributed by atoms with Crippen LogP contribution >= 0.6 is 0 Å². The molecule has 0 radical (unpaired) electrons. The zero-order chi connectivity index (χ0) is 19.4. The fraction of sp³-hybridized carbons (Fsp3) is 0.444. The molecule has 1 aromatic carbocycles. The van der Waals surface area contributed by atoms with Gasteiger partial charge in [-0.05, 0) is 32.0 Å². The Morgan fingerprint density at radius 2 is 1.73 bits per heavy atom. The minimum absolute atomic E-state index is 0.209. The van der Waals surface area contributed by atoms with Gasteiger partial charge < -0.3 is 29.7 Å². The van der Waals surface area contributed by atoms with E-state index in [1.165, 1.54) is 0 Å². The molecule has 1 atom stereocenters. The van der Waals surface area contributed by atoms with Gasteiger partial charge in [-0.15, -0.1) is 0 Å². The lowest BCUT2D eigenvalue weighted by molar-refractivity contribution is -0.134. The van der Waals surface area contributed by atoms with Gasteiger partial charge in [0.25, 0.3) is 0 Å². The van der Waals surface area contributed by atoms with E-state index in [-0.39, 0.29) is 5.60 Å².